The minimum absolute atomic E-state index is 0.0757. The summed E-state index contributed by atoms with van der Waals surface area (Å²) in [4.78, 5) is 14.9. The highest BCUT2D eigenvalue weighted by Gasteiger charge is 2.30. The van der Waals surface area contributed by atoms with Crippen LogP contribution < -0.4 is 4.72 Å². The van der Waals surface area contributed by atoms with Crippen LogP contribution in [0.3, 0.4) is 0 Å². The van der Waals surface area contributed by atoms with Crippen LogP contribution in [-0.4, -0.2) is 31.8 Å². The maximum absolute atomic E-state index is 13.9. The number of nitrogens with one attached hydrogen (secondary N) is 1. The van der Waals surface area contributed by atoms with Crippen LogP contribution in [0, 0.1) is 5.82 Å². The van der Waals surface area contributed by atoms with E-state index in [9.17, 15) is 17.6 Å². The minimum atomic E-state index is -4.04. The summed E-state index contributed by atoms with van der Waals surface area (Å²) in [5.74, 6) is -0.861. The number of rotatable bonds is 6. The fraction of sp³-hybridized carbons (Fsp3) is 0.208. The Morgan fingerprint density at radius 3 is 2.52 bits per heavy atom. The van der Waals surface area contributed by atoms with E-state index in [1.54, 1.807) is 12.1 Å². The number of amides is 1. The van der Waals surface area contributed by atoms with Crippen molar-refractivity contribution in [2.75, 3.05) is 11.3 Å². The molecule has 1 aliphatic rings. The molecule has 5 nitrogen and oxygen atoms in total. The Morgan fingerprint density at radius 2 is 1.74 bits per heavy atom. The number of halogens is 1. The summed E-state index contributed by atoms with van der Waals surface area (Å²) in [5.41, 5.74) is 1.33. The van der Waals surface area contributed by atoms with Gasteiger partial charge in [0.25, 0.3) is 15.9 Å². The van der Waals surface area contributed by atoms with Crippen molar-refractivity contribution in [3.8, 4) is 0 Å². The van der Waals surface area contributed by atoms with Gasteiger partial charge in [-0.2, -0.15) is 0 Å². The van der Waals surface area contributed by atoms with Gasteiger partial charge in [-0.3, -0.25) is 9.52 Å². The van der Waals surface area contributed by atoms with Gasteiger partial charge in [0, 0.05) is 18.2 Å². The third kappa shape index (κ3) is 4.77. The Bertz CT molecular complexity index is 1180. The standard InChI is InChI=1S/C24H23FN2O3S/c25-22-13-4-5-14-23(22)26-31(29,30)21-12-6-10-19(17-21)24(28)27-15-7-11-20(27)16-18-8-2-1-3-9-18/h1-6,8-10,12-14,17,20,26H,7,11,15-16H2. The molecule has 1 fully saturated rings. The van der Waals surface area contributed by atoms with Crippen LogP contribution in [0.2, 0.25) is 0 Å². The summed E-state index contributed by atoms with van der Waals surface area (Å²) in [6.07, 6.45) is 2.59. The number of nitrogens with zero attached hydrogens (tertiary/aromatic N) is 1. The molecule has 0 aliphatic carbocycles. The molecule has 1 amide bonds. The molecule has 1 unspecified atom stereocenters. The number of anilines is 1. The Kier molecular flexibility index (Phi) is 6.04. The lowest BCUT2D eigenvalue weighted by molar-refractivity contribution is 0.0736. The van der Waals surface area contributed by atoms with Gasteiger partial charge in [0.15, 0.2) is 0 Å². The van der Waals surface area contributed by atoms with Crippen molar-refractivity contribution in [3.63, 3.8) is 0 Å². The van der Waals surface area contributed by atoms with E-state index in [2.05, 4.69) is 4.72 Å². The van der Waals surface area contributed by atoms with Gasteiger partial charge in [-0.15, -0.1) is 0 Å². The zero-order valence-corrected chi connectivity index (χ0v) is 17.7. The molecule has 0 spiro atoms. The Labute approximate surface area is 181 Å². The third-order valence-corrected chi connectivity index (χ3v) is 6.82. The van der Waals surface area contributed by atoms with Crippen LogP contribution >= 0.6 is 0 Å². The highest BCUT2D eigenvalue weighted by atomic mass is 32.2. The number of likely N-dealkylation sites (tertiary alicyclic amines) is 1. The van der Waals surface area contributed by atoms with Crippen LogP contribution in [0.25, 0.3) is 0 Å². The van der Waals surface area contributed by atoms with Crippen LogP contribution in [-0.2, 0) is 16.4 Å². The van der Waals surface area contributed by atoms with E-state index in [0.29, 0.717) is 12.1 Å². The monoisotopic (exact) mass is 438 g/mol. The van der Waals surface area contributed by atoms with E-state index >= 15 is 0 Å². The molecule has 1 saturated heterocycles. The quantitative estimate of drug-likeness (QED) is 0.617. The van der Waals surface area contributed by atoms with Crippen LogP contribution in [0.4, 0.5) is 10.1 Å². The van der Waals surface area contributed by atoms with Gasteiger partial charge in [-0.25, -0.2) is 12.8 Å². The van der Waals surface area contributed by atoms with Crippen molar-refractivity contribution in [1.82, 2.24) is 4.90 Å². The fourth-order valence-corrected chi connectivity index (χ4v) is 5.02. The number of hydrogen-bond donors (Lipinski definition) is 1. The van der Waals surface area contributed by atoms with Crippen molar-refractivity contribution in [2.24, 2.45) is 0 Å². The largest absolute Gasteiger partial charge is 0.335 e. The molecule has 0 saturated carbocycles. The summed E-state index contributed by atoms with van der Waals surface area (Å²) in [5, 5.41) is 0. The summed E-state index contributed by atoms with van der Waals surface area (Å²) in [6.45, 7) is 0.640. The summed E-state index contributed by atoms with van der Waals surface area (Å²) < 4.78 is 41.6. The molecule has 0 bridgehead atoms. The first kappa shape index (κ1) is 21.1. The van der Waals surface area contributed by atoms with Gasteiger partial charge in [-0.1, -0.05) is 48.5 Å². The summed E-state index contributed by atoms with van der Waals surface area (Å²) in [7, 11) is -4.04. The highest BCUT2D eigenvalue weighted by Crippen LogP contribution is 2.25. The molecule has 3 aromatic carbocycles. The number of carbonyl (C=O) groups excluding carboxylic acids is 1. The van der Waals surface area contributed by atoms with Crippen molar-refractivity contribution < 1.29 is 17.6 Å². The molecule has 3 aromatic rings. The van der Waals surface area contributed by atoms with Gasteiger partial charge in [0.1, 0.15) is 5.82 Å². The van der Waals surface area contributed by atoms with Gasteiger partial charge in [-0.05, 0) is 55.2 Å². The predicted octanol–water partition coefficient (Wildman–Crippen LogP) is 4.47. The Balaban J connectivity index is 1.54. The molecular formula is C24H23FN2O3S. The maximum atomic E-state index is 13.9. The van der Waals surface area contributed by atoms with Gasteiger partial charge < -0.3 is 4.90 Å². The number of benzene rings is 3. The normalized spacial score (nSPS) is 16.3. The molecule has 7 heteroatoms. The molecule has 1 aliphatic heterocycles. The van der Waals surface area contributed by atoms with E-state index in [1.165, 1.54) is 36.4 Å². The summed E-state index contributed by atoms with van der Waals surface area (Å²) >= 11 is 0. The van der Waals surface area contributed by atoms with Gasteiger partial charge >= 0.3 is 0 Å². The molecule has 4 rings (SSSR count). The average Bonchev–Trinajstić information content (AvgIpc) is 3.23. The molecule has 0 radical (unpaired) electrons. The third-order valence-electron chi connectivity index (χ3n) is 5.46. The first-order valence-electron chi connectivity index (χ1n) is 10.2. The van der Waals surface area contributed by atoms with Gasteiger partial charge in [0.2, 0.25) is 0 Å². The van der Waals surface area contributed by atoms with Crippen molar-refractivity contribution in [2.45, 2.75) is 30.2 Å². The predicted molar refractivity (Wildman–Crippen MR) is 118 cm³/mol. The topological polar surface area (TPSA) is 66.5 Å². The first-order valence-corrected chi connectivity index (χ1v) is 11.6. The molecule has 160 valence electrons. The van der Waals surface area contributed by atoms with Crippen molar-refractivity contribution in [3.05, 3.63) is 95.8 Å². The average molecular weight is 439 g/mol. The number of carbonyl (C=O) groups is 1. The zero-order chi connectivity index (χ0) is 21.8. The number of para-hydroxylation sites is 1. The van der Waals surface area contributed by atoms with E-state index < -0.39 is 15.8 Å². The lowest BCUT2D eigenvalue weighted by Gasteiger charge is -2.25. The first-order chi connectivity index (χ1) is 14.9. The molecule has 1 atom stereocenters. The van der Waals surface area contributed by atoms with Crippen molar-refractivity contribution >= 4 is 21.6 Å². The fourth-order valence-electron chi connectivity index (χ4n) is 3.91. The smallest absolute Gasteiger partial charge is 0.262 e. The van der Waals surface area contributed by atoms with Crippen LogP contribution in [0.1, 0.15) is 28.8 Å². The zero-order valence-electron chi connectivity index (χ0n) is 16.9. The second-order valence-electron chi connectivity index (χ2n) is 7.60. The van der Waals surface area contributed by atoms with E-state index in [1.807, 2.05) is 35.2 Å². The molecule has 1 N–H and O–H groups in total. The summed E-state index contributed by atoms with van der Waals surface area (Å²) in [6, 6.07) is 21.5. The Morgan fingerprint density at radius 1 is 1.00 bits per heavy atom. The highest BCUT2D eigenvalue weighted by molar-refractivity contribution is 7.92. The molecule has 0 aromatic heterocycles. The molecule has 1 heterocycles. The Hall–Kier alpha value is -3.19. The lowest BCUT2D eigenvalue weighted by Crippen LogP contribution is -2.36. The van der Waals surface area contributed by atoms with Crippen molar-refractivity contribution in [1.29, 1.82) is 0 Å². The lowest BCUT2D eigenvalue weighted by atomic mass is 10.0. The number of sulfonamides is 1. The second-order valence-corrected chi connectivity index (χ2v) is 9.28. The van der Waals surface area contributed by atoms with E-state index in [4.69, 9.17) is 0 Å². The molecule has 31 heavy (non-hydrogen) atoms. The SMILES string of the molecule is O=C(c1cccc(S(=O)(=O)Nc2ccccc2F)c1)N1CCCC1Cc1ccccc1. The van der Waals surface area contributed by atoms with E-state index in [0.717, 1.165) is 24.8 Å². The second kappa shape index (κ2) is 8.89. The van der Waals surface area contributed by atoms with Gasteiger partial charge in [0.05, 0.1) is 10.6 Å². The minimum Gasteiger partial charge on any atom is -0.335 e. The molecular weight excluding hydrogens is 415 g/mol. The maximum Gasteiger partial charge on any atom is 0.262 e. The van der Waals surface area contributed by atoms with E-state index in [-0.39, 0.29) is 22.5 Å². The number of hydrogen-bond acceptors (Lipinski definition) is 3. The van der Waals surface area contributed by atoms with Crippen LogP contribution in [0.5, 0.6) is 0 Å². The van der Waals surface area contributed by atoms with Crippen LogP contribution in [0.15, 0.2) is 83.8 Å².